The second-order valence-corrected chi connectivity index (χ2v) is 6.82. The van der Waals surface area contributed by atoms with Gasteiger partial charge in [0.1, 0.15) is 6.04 Å². The molecule has 0 radical (unpaired) electrons. The molecule has 0 aromatic heterocycles. The van der Waals surface area contributed by atoms with E-state index in [1.54, 1.807) is 11.8 Å². The van der Waals surface area contributed by atoms with Gasteiger partial charge in [-0.15, -0.1) is 11.8 Å². The largest absolute Gasteiger partial charge is 0.391 e. The zero-order valence-corrected chi connectivity index (χ0v) is 12.3. The number of carbonyl (C=O) groups is 2. The average molecular weight is 302 g/mol. The minimum atomic E-state index is -1.05. The highest BCUT2D eigenvalue weighted by Crippen LogP contribution is 2.35. The van der Waals surface area contributed by atoms with Crippen LogP contribution < -0.4 is 21.7 Å². The number of thioether (sulfide) groups is 1. The predicted molar refractivity (Wildman–Crippen MR) is 77.0 cm³/mol. The molecule has 7 nitrogen and oxygen atoms in total. The Balaban J connectivity index is 1.92. The monoisotopic (exact) mass is 302 g/mol. The Morgan fingerprint density at radius 2 is 2.30 bits per heavy atom. The SMILES string of the molecule is C[C@@H](O)[C@H](NC(=O)[C@@H]1CSC2(CCCNC2)N1)C(N)=O. The van der Waals surface area contributed by atoms with Gasteiger partial charge in [-0.05, 0) is 26.3 Å². The highest BCUT2D eigenvalue weighted by atomic mass is 32.2. The van der Waals surface area contributed by atoms with Crippen LogP contribution in [0.5, 0.6) is 0 Å². The van der Waals surface area contributed by atoms with Crippen molar-refractivity contribution >= 4 is 23.6 Å². The smallest absolute Gasteiger partial charge is 0.242 e. The zero-order chi connectivity index (χ0) is 14.8. The number of rotatable bonds is 4. The van der Waals surface area contributed by atoms with Gasteiger partial charge >= 0.3 is 0 Å². The first-order chi connectivity index (χ1) is 9.43. The van der Waals surface area contributed by atoms with E-state index in [2.05, 4.69) is 16.0 Å². The highest BCUT2D eigenvalue weighted by molar-refractivity contribution is 8.01. The lowest BCUT2D eigenvalue weighted by Gasteiger charge is -2.34. The molecule has 2 rings (SSSR count). The van der Waals surface area contributed by atoms with Crippen molar-refractivity contribution in [2.24, 2.45) is 5.73 Å². The van der Waals surface area contributed by atoms with E-state index >= 15 is 0 Å². The van der Waals surface area contributed by atoms with E-state index < -0.39 is 18.1 Å². The number of primary amides is 1. The third-order valence-electron chi connectivity index (χ3n) is 3.71. The summed E-state index contributed by atoms with van der Waals surface area (Å²) in [4.78, 5) is 23.3. The number of hydrogen-bond donors (Lipinski definition) is 5. The molecule has 1 spiro atoms. The first-order valence-electron chi connectivity index (χ1n) is 6.84. The average Bonchev–Trinajstić information content (AvgIpc) is 2.79. The van der Waals surface area contributed by atoms with Gasteiger partial charge in [0.05, 0.1) is 17.0 Å². The summed E-state index contributed by atoms with van der Waals surface area (Å²) in [5.74, 6) is -0.364. The Morgan fingerprint density at radius 3 is 2.85 bits per heavy atom. The lowest BCUT2D eigenvalue weighted by molar-refractivity contribution is -0.130. The van der Waals surface area contributed by atoms with Crippen molar-refractivity contribution in [1.29, 1.82) is 0 Å². The summed E-state index contributed by atoms with van der Waals surface area (Å²) in [6.45, 7) is 3.27. The van der Waals surface area contributed by atoms with E-state index in [9.17, 15) is 14.7 Å². The summed E-state index contributed by atoms with van der Waals surface area (Å²) in [5, 5.41) is 18.7. The van der Waals surface area contributed by atoms with Gasteiger partial charge < -0.3 is 21.5 Å². The molecule has 2 aliphatic heterocycles. The van der Waals surface area contributed by atoms with Crippen LogP contribution >= 0.6 is 11.8 Å². The van der Waals surface area contributed by atoms with Crippen LogP contribution in [0.3, 0.4) is 0 Å². The zero-order valence-electron chi connectivity index (χ0n) is 11.5. The first kappa shape index (κ1) is 15.6. The molecule has 0 aliphatic carbocycles. The minimum absolute atomic E-state index is 0.0900. The van der Waals surface area contributed by atoms with Gasteiger partial charge in [0.2, 0.25) is 11.8 Å². The molecule has 2 aliphatic rings. The second-order valence-electron chi connectivity index (χ2n) is 5.41. The molecule has 1 unspecified atom stereocenters. The summed E-state index contributed by atoms with van der Waals surface area (Å²) in [6.07, 6.45) is 1.09. The Labute approximate surface area is 122 Å². The van der Waals surface area contributed by atoms with Gasteiger partial charge in [-0.1, -0.05) is 0 Å². The molecule has 114 valence electrons. The van der Waals surface area contributed by atoms with Gasteiger partial charge in [-0.2, -0.15) is 0 Å². The number of amides is 2. The van der Waals surface area contributed by atoms with Crippen molar-refractivity contribution in [3.8, 4) is 0 Å². The van der Waals surface area contributed by atoms with Gasteiger partial charge in [-0.25, -0.2) is 0 Å². The summed E-state index contributed by atoms with van der Waals surface area (Å²) < 4.78 is 0. The van der Waals surface area contributed by atoms with Crippen LogP contribution in [0.15, 0.2) is 0 Å². The summed E-state index contributed by atoms with van der Waals surface area (Å²) in [7, 11) is 0. The van der Waals surface area contributed by atoms with Crippen LogP contribution in [0.25, 0.3) is 0 Å². The fourth-order valence-electron chi connectivity index (χ4n) is 2.59. The van der Waals surface area contributed by atoms with E-state index in [4.69, 9.17) is 5.73 Å². The van der Waals surface area contributed by atoms with E-state index in [0.29, 0.717) is 5.75 Å². The molecule has 0 saturated carbocycles. The minimum Gasteiger partial charge on any atom is -0.391 e. The lowest BCUT2D eigenvalue weighted by Crippen LogP contribution is -2.58. The fourth-order valence-corrected chi connectivity index (χ4v) is 4.03. The number of nitrogens with two attached hydrogens (primary N) is 1. The lowest BCUT2D eigenvalue weighted by atomic mass is 10.1. The van der Waals surface area contributed by atoms with E-state index in [1.165, 1.54) is 6.92 Å². The molecule has 0 bridgehead atoms. The molecule has 20 heavy (non-hydrogen) atoms. The quantitative estimate of drug-likeness (QED) is 0.415. The molecular weight excluding hydrogens is 280 g/mol. The van der Waals surface area contributed by atoms with Crippen molar-refractivity contribution in [2.45, 2.75) is 42.8 Å². The third kappa shape index (κ3) is 3.43. The second kappa shape index (κ2) is 6.30. The standard InChI is InChI=1S/C12H22N4O3S/c1-7(17)9(10(13)18)15-11(19)8-5-20-12(16-8)3-2-4-14-6-12/h7-9,14,16-17H,2-6H2,1H3,(H2,13,18)(H,15,19)/t7-,8+,9+,12?/m1/s1. The maximum atomic E-state index is 12.2. The van der Waals surface area contributed by atoms with Crippen molar-refractivity contribution < 1.29 is 14.7 Å². The molecule has 0 aromatic rings. The predicted octanol–water partition coefficient (Wildman–Crippen LogP) is -1.88. The van der Waals surface area contributed by atoms with Crippen LogP contribution in [0.4, 0.5) is 0 Å². The number of aliphatic hydroxyl groups excluding tert-OH is 1. The summed E-state index contributed by atoms with van der Waals surface area (Å²) >= 11 is 1.73. The molecule has 2 saturated heterocycles. The van der Waals surface area contributed by atoms with Gasteiger partial charge in [0, 0.05) is 12.3 Å². The van der Waals surface area contributed by atoms with E-state index in [1.807, 2.05) is 0 Å². The number of nitrogens with one attached hydrogen (secondary N) is 3. The molecule has 0 aromatic carbocycles. The normalized spacial score (nSPS) is 32.8. The van der Waals surface area contributed by atoms with E-state index in [-0.39, 0.29) is 16.8 Å². The van der Waals surface area contributed by atoms with Gasteiger partial charge in [0.25, 0.3) is 0 Å². The maximum Gasteiger partial charge on any atom is 0.242 e. The van der Waals surface area contributed by atoms with Crippen LogP contribution in [-0.4, -0.2) is 58.8 Å². The van der Waals surface area contributed by atoms with Gasteiger partial charge in [-0.3, -0.25) is 14.9 Å². The Bertz CT molecular complexity index is 385. The fraction of sp³-hybridized carbons (Fsp3) is 0.833. The first-order valence-corrected chi connectivity index (χ1v) is 7.82. The summed E-state index contributed by atoms with van der Waals surface area (Å²) in [6, 6.07) is -1.41. The number of aliphatic hydroxyl groups is 1. The topological polar surface area (TPSA) is 116 Å². The molecule has 4 atom stereocenters. The molecular formula is C12H22N4O3S. The highest BCUT2D eigenvalue weighted by Gasteiger charge is 2.43. The van der Waals surface area contributed by atoms with E-state index in [0.717, 1.165) is 25.9 Å². The van der Waals surface area contributed by atoms with Crippen molar-refractivity contribution in [3.63, 3.8) is 0 Å². The van der Waals surface area contributed by atoms with Crippen LogP contribution in [-0.2, 0) is 9.59 Å². The number of hydrogen-bond acceptors (Lipinski definition) is 6. The van der Waals surface area contributed by atoms with Crippen molar-refractivity contribution in [2.75, 3.05) is 18.8 Å². The Morgan fingerprint density at radius 1 is 1.55 bits per heavy atom. The Kier molecular flexibility index (Phi) is 4.90. The molecule has 2 amide bonds. The van der Waals surface area contributed by atoms with Gasteiger partial charge in [0.15, 0.2) is 0 Å². The van der Waals surface area contributed by atoms with Crippen molar-refractivity contribution in [1.82, 2.24) is 16.0 Å². The Hall–Kier alpha value is -0.830. The molecule has 6 N–H and O–H groups in total. The van der Waals surface area contributed by atoms with Crippen molar-refractivity contribution in [3.05, 3.63) is 0 Å². The molecule has 2 heterocycles. The number of carbonyl (C=O) groups excluding carboxylic acids is 2. The maximum absolute atomic E-state index is 12.2. The third-order valence-corrected chi connectivity index (χ3v) is 5.23. The summed E-state index contributed by atoms with van der Waals surface area (Å²) in [5.41, 5.74) is 5.17. The van der Waals surface area contributed by atoms with Crippen LogP contribution in [0.2, 0.25) is 0 Å². The molecule has 8 heteroatoms. The number of piperidine rings is 1. The van der Waals surface area contributed by atoms with Crippen LogP contribution in [0.1, 0.15) is 19.8 Å². The van der Waals surface area contributed by atoms with Crippen LogP contribution in [0, 0.1) is 0 Å². The molecule has 2 fully saturated rings.